The zero-order valence-electron chi connectivity index (χ0n) is 14.5. The number of carbonyl (C=O) groups is 1. The largest absolute Gasteiger partial charge is 0.380 e. The summed E-state index contributed by atoms with van der Waals surface area (Å²) < 4.78 is 1.62. The minimum Gasteiger partial charge on any atom is -0.380 e. The smallest absolute Gasteiger partial charge is 0.247 e. The van der Waals surface area contributed by atoms with Gasteiger partial charge in [-0.1, -0.05) is 48.5 Å². The Labute approximate surface area is 151 Å². The molecule has 1 amide bonds. The number of carbonyl (C=O) groups excluding carboxylic acids is 1. The molecule has 2 atom stereocenters. The molecule has 132 valence electrons. The van der Waals surface area contributed by atoms with E-state index in [0.717, 1.165) is 12.1 Å². The number of hydrogen-bond donors (Lipinski definition) is 1. The number of anilines is 1. The Hall–Kier alpha value is -2.99. The Morgan fingerprint density at radius 3 is 2.73 bits per heavy atom. The number of benzene rings is 2. The maximum Gasteiger partial charge on any atom is 0.247 e. The van der Waals surface area contributed by atoms with Crippen LogP contribution in [0, 0.1) is 0 Å². The fourth-order valence-electron chi connectivity index (χ4n) is 3.55. The van der Waals surface area contributed by atoms with Gasteiger partial charge in [0.05, 0.1) is 0 Å². The SMILES string of the molecule is C[C@@H]1Cc2ccccc2N1C(=O)Cn1cnnc1[C@H](O)c1ccccc1. The van der Waals surface area contributed by atoms with Crippen LogP contribution in [0.3, 0.4) is 0 Å². The zero-order valence-corrected chi connectivity index (χ0v) is 14.5. The van der Waals surface area contributed by atoms with E-state index in [-0.39, 0.29) is 18.5 Å². The number of nitrogens with zero attached hydrogens (tertiary/aromatic N) is 4. The van der Waals surface area contributed by atoms with Gasteiger partial charge in [0, 0.05) is 11.7 Å². The van der Waals surface area contributed by atoms with Gasteiger partial charge >= 0.3 is 0 Å². The fourth-order valence-corrected chi connectivity index (χ4v) is 3.55. The lowest BCUT2D eigenvalue weighted by Crippen LogP contribution is -2.38. The van der Waals surface area contributed by atoms with E-state index in [1.165, 1.54) is 11.9 Å². The molecule has 0 saturated heterocycles. The predicted molar refractivity (Wildman–Crippen MR) is 97.6 cm³/mol. The van der Waals surface area contributed by atoms with Crippen LogP contribution in [0.1, 0.15) is 30.0 Å². The van der Waals surface area contributed by atoms with E-state index < -0.39 is 6.10 Å². The van der Waals surface area contributed by atoms with Crippen LogP contribution >= 0.6 is 0 Å². The van der Waals surface area contributed by atoms with Gasteiger partial charge in [0.2, 0.25) is 5.91 Å². The van der Waals surface area contributed by atoms with E-state index >= 15 is 0 Å². The molecule has 1 aromatic heterocycles. The van der Waals surface area contributed by atoms with Gasteiger partial charge in [-0.25, -0.2) is 0 Å². The van der Waals surface area contributed by atoms with Gasteiger partial charge in [-0.15, -0.1) is 10.2 Å². The highest BCUT2D eigenvalue weighted by Crippen LogP contribution is 2.32. The van der Waals surface area contributed by atoms with Crippen LogP contribution in [-0.4, -0.2) is 31.8 Å². The van der Waals surface area contributed by atoms with E-state index in [1.807, 2.05) is 60.4 Å². The first kappa shape index (κ1) is 16.5. The van der Waals surface area contributed by atoms with Crippen molar-refractivity contribution in [3.8, 4) is 0 Å². The normalized spacial score (nSPS) is 17.2. The average Bonchev–Trinajstić information content (AvgIpc) is 3.24. The summed E-state index contributed by atoms with van der Waals surface area (Å²) in [6.45, 7) is 2.13. The number of rotatable bonds is 4. The van der Waals surface area contributed by atoms with Crippen LogP contribution in [0.4, 0.5) is 5.69 Å². The summed E-state index contributed by atoms with van der Waals surface area (Å²) in [6.07, 6.45) is 1.42. The monoisotopic (exact) mass is 348 g/mol. The summed E-state index contributed by atoms with van der Waals surface area (Å²) in [4.78, 5) is 14.8. The molecule has 0 radical (unpaired) electrons. The maximum absolute atomic E-state index is 13.0. The summed E-state index contributed by atoms with van der Waals surface area (Å²) in [7, 11) is 0. The van der Waals surface area contributed by atoms with Gasteiger partial charge in [0.1, 0.15) is 19.0 Å². The summed E-state index contributed by atoms with van der Waals surface area (Å²) in [5.41, 5.74) is 2.86. The molecule has 0 spiro atoms. The molecule has 3 aromatic rings. The summed E-state index contributed by atoms with van der Waals surface area (Å²) >= 11 is 0. The first-order valence-electron chi connectivity index (χ1n) is 8.66. The van der Waals surface area contributed by atoms with Gasteiger partial charge in [0.15, 0.2) is 5.82 Å². The molecule has 1 aliphatic rings. The Bertz CT molecular complexity index is 922. The predicted octanol–water partition coefficient (Wildman–Crippen LogP) is 2.34. The molecule has 2 heterocycles. The number of amides is 1. The van der Waals surface area contributed by atoms with E-state index in [0.29, 0.717) is 11.4 Å². The van der Waals surface area contributed by atoms with E-state index in [2.05, 4.69) is 16.3 Å². The average molecular weight is 348 g/mol. The van der Waals surface area contributed by atoms with Crippen molar-refractivity contribution in [2.24, 2.45) is 0 Å². The Morgan fingerprint density at radius 1 is 1.19 bits per heavy atom. The third-order valence-corrected chi connectivity index (χ3v) is 4.79. The van der Waals surface area contributed by atoms with Crippen molar-refractivity contribution in [2.75, 3.05) is 4.90 Å². The Kier molecular flexibility index (Phi) is 4.26. The highest BCUT2D eigenvalue weighted by atomic mass is 16.3. The van der Waals surface area contributed by atoms with Crippen molar-refractivity contribution < 1.29 is 9.90 Å². The van der Waals surface area contributed by atoms with Gasteiger partial charge in [0.25, 0.3) is 0 Å². The first-order valence-corrected chi connectivity index (χ1v) is 8.66. The third kappa shape index (κ3) is 2.88. The molecule has 26 heavy (non-hydrogen) atoms. The topological polar surface area (TPSA) is 71.2 Å². The Balaban J connectivity index is 1.58. The quantitative estimate of drug-likeness (QED) is 0.786. The Morgan fingerprint density at radius 2 is 1.92 bits per heavy atom. The molecule has 6 heteroatoms. The molecule has 4 rings (SSSR count). The van der Waals surface area contributed by atoms with Gasteiger partial charge in [-0.3, -0.25) is 4.79 Å². The molecule has 1 N–H and O–H groups in total. The third-order valence-electron chi connectivity index (χ3n) is 4.79. The number of fused-ring (bicyclic) bond motifs is 1. The summed E-state index contributed by atoms with van der Waals surface area (Å²) in [5, 5.41) is 18.5. The second kappa shape index (κ2) is 6.72. The van der Waals surface area contributed by atoms with Crippen LogP contribution in [-0.2, 0) is 17.8 Å². The molecule has 0 saturated carbocycles. The molecular formula is C20H20N4O2. The van der Waals surface area contributed by atoms with Crippen LogP contribution < -0.4 is 4.90 Å². The van der Waals surface area contributed by atoms with Crippen molar-refractivity contribution in [3.63, 3.8) is 0 Å². The van der Waals surface area contributed by atoms with Crippen molar-refractivity contribution in [1.29, 1.82) is 0 Å². The second-order valence-electron chi connectivity index (χ2n) is 6.58. The van der Waals surface area contributed by atoms with Crippen LogP contribution in [0.15, 0.2) is 60.9 Å². The molecule has 1 aliphatic heterocycles. The summed E-state index contributed by atoms with van der Waals surface area (Å²) in [5.74, 6) is 0.327. The number of aromatic nitrogens is 3. The summed E-state index contributed by atoms with van der Waals surface area (Å²) in [6, 6.07) is 17.3. The van der Waals surface area contributed by atoms with Crippen molar-refractivity contribution in [2.45, 2.75) is 32.0 Å². The van der Waals surface area contributed by atoms with E-state index in [1.54, 1.807) is 4.57 Å². The number of aliphatic hydroxyl groups excluding tert-OH is 1. The molecule has 0 unspecified atom stereocenters. The lowest BCUT2D eigenvalue weighted by atomic mass is 10.1. The fraction of sp³-hybridized carbons (Fsp3) is 0.250. The lowest BCUT2D eigenvalue weighted by molar-refractivity contribution is -0.119. The van der Waals surface area contributed by atoms with Gasteiger partial charge < -0.3 is 14.6 Å². The number of para-hydroxylation sites is 1. The van der Waals surface area contributed by atoms with Crippen molar-refractivity contribution in [3.05, 3.63) is 77.9 Å². The molecular weight excluding hydrogens is 328 g/mol. The molecule has 2 aromatic carbocycles. The number of aliphatic hydroxyl groups is 1. The first-order chi connectivity index (χ1) is 12.6. The van der Waals surface area contributed by atoms with E-state index in [4.69, 9.17) is 0 Å². The van der Waals surface area contributed by atoms with Crippen molar-refractivity contribution in [1.82, 2.24) is 14.8 Å². The standard InChI is InChI=1S/C20H20N4O2/c1-14-11-16-9-5-6-10-17(16)24(14)18(25)12-23-13-21-22-20(23)19(26)15-7-3-2-4-8-15/h2-10,13-14,19,26H,11-12H2,1H3/t14-,19-/m1/s1. The lowest BCUT2D eigenvalue weighted by Gasteiger charge is -2.23. The zero-order chi connectivity index (χ0) is 18.1. The second-order valence-corrected chi connectivity index (χ2v) is 6.58. The highest BCUT2D eigenvalue weighted by molar-refractivity contribution is 5.96. The highest BCUT2D eigenvalue weighted by Gasteiger charge is 2.31. The van der Waals surface area contributed by atoms with Crippen LogP contribution in [0.5, 0.6) is 0 Å². The molecule has 6 nitrogen and oxygen atoms in total. The van der Waals surface area contributed by atoms with Crippen LogP contribution in [0.25, 0.3) is 0 Å². The van der Waals surface area contributed by atoms with Crippen LogP contribution in [0.2, 0.25) is 0 Å². The molecule has 0 bridgehead atoms. The van der Waals surface area contributed by atoms with E-state index in [9.17, 15) is 9.90 Å². The molecule has 0 fully saturated rings. The maximum atomic E-state index is 13.0. The van der Waals surface area contributed by atoms with Gasteiger partial charge in [-0.2, -0.15) is 0 Å². The minimum absolute atomic E-state index is 0.0382. The minimum atomic E-state index is -0.921. The molecule has 0 aliphatic carbocycles. The van der Waals surface area contributed by atoms with Gasteiger partial charge in [-0.05, 0) is 30.5 Å². The number of hydrogen-bond acceptors (Lipinski definition) is 4. The van der Waals surface area contributed by atoms with Crippen molar-refractivity contribution >= 4 is 11.6 Å².